The maximum absolute atomic E-state index is 6.07. The molecule has 17 heavy (non-hydrogen) atoms. The molecule has 0 amide bonds. The van der Waals surface area contributed by atoms with Gasteiger partial charge in [-0.05, 0) is 5.41 Å². The first kappa shape index (κ1) is 11.8. The fourth-order valence-corrected chi connectivity index (χ4v) is 1.42. The molecule has 2 aromatic rings. The van der Waals surface area contributed by atoms with Gasteiger partial charge in [0.1, 0.15) is 5.69 Å². The van der Waals surface area contributed by atoms with E-state index in [1.807, 2.05) is 32.4 Å². The number of nitrogens with zero attached hydrogens (tertiary/aromatic N) is 4. The van der Waals surface area contributed by atoms with Crippen LogP contribution in [0.3, 0.4) is 0 Å². The molecule has 1 unspecified atom stereocenters. The first-order chi connectivity index (χ1) is 7.89. The smallest absolute Gasteiger partial charge is 0.276 e. The zero-order valence-corrected chi connectivity index (χ0v) is 10.5. The van der Waals surface area contributed by atoms with E-state index in [1.54, 1.807) is 12.5 Å². The van der Waals surface area contributed by atoms with Gasteiger partial charge in [-0.25, -0.2) is 4.98 Å². The maximum Gasteiger partial charge on any atom is 0.276 e. The number of hydrogen-bond acceptors (Lipinski definition) is 5. The van der Waals surface area contributed by atoms with E-state index in [0.29, 0.717) is 11.7 Å². The Labute approximate surface area is 99.8 Å². The van der Waals surface area contributed by atoms with E-state index in [-0.39, 0.29) is 11.5 Å². The minimum atomic E-state index is -0.256. The van der Waals surface area contributed by atoms with Crippen molar-refractivity contribution in [3.05, 3.63) is 18.3 Å². The van der Waals surface area contributed by atoms with E-state index in [1.165, 1.54) is 0 Å². The van der Waals surface area contributed by atoms with Gasteiger partial charge in [-0.1, -0.05) is 25.9 Å². The molecule has 92 valence electrons. The highest BCUT2D eigenvalue weighted by molar-refractivity contribution is 5.45. The molecule has 0 spiro atoms. The van der Waals surface area contributed by atoms with Gasteiger partial charge in [0.25, 0.3) is 5.89 Å². The van der Waals surface area contributed by atoms with Crippen LogP contribution in [0, 0.1) is 5.41 Å². The molecule has 6 heteroatoms. The summed E-state index contributed by atoms with van der Waals surface area (Å²) in [5, 5.41) is 3.93. The summed E-state index contributed by atoms with van der Waals surface area (Å²) in [6, 6.07) is -0.256. The van der Waals surface area contributed by atoms with Crippen LogP contribution in [0.5, 0.6) is 0 Å². The third-order valence-corrected chi connectivity index (χ3v) is 2.69. The summed E-state index contributed by atoms with van der Waals surface area (Å²) in [6.45, 7) is 6.12. The first-order valence-corrected chi connectivity index (χ1v) is 5.45. The maximum atomic E-state index is 6.07. The molecular weight excluding hydrogens is 218 g/mol. The van der Waals surface area contributed by atoms with Gasteiger partial charge < -0.3 is 14.8 Å². The molecule has 0 aromatic carbocycles. The number of hydrogen-bond donors (Lipinski definition) is 1. The van der Waals surface area contributed by atoms with Gasteiger partial charge >= 0.3 is 0 Å². The lowest BCUT2D eigenvalue weighted by atomic mass is 9.87. The lowest BCUT2D eigenvalue weighted by Gasteiger charge is -2.23. The molecule has 2 aromatic heterocycles. The van der Waals surface area contributed by atoms with Gasteiger partial charge in [-0.15, -0.1) is 0 Å². The predicted molar refractivity (Wildman–Crippen MR) is 62.9 cm³/mol. The van der Waals surface area contributed by atoms with Crippen LogP contribution in [-0.4, -0.2) is 19.7 Å². The van der Waals surface area contributed by atoms with Crippen molar-refractivity contribution in [1.82, 2.24) is 19.7 Å². The van der Waals surface area contributed by atoms with Gasteiger partial charge in [0.05, 0.1) is 18.6 Å². The highest BCUT2D eigenvalue weighted by Crippen LogP contribution is 2.29. The van der Waals surface area contributed by atoms with Crippen LogP contribution in [0.15, 0.2) is 17.0 Å². The summed E-state index contributed by atoms with van der Waals surface area (Å²) in [5.74, 6) is 0.966. The molecule has 6 nitrogen and oxygen atoms in total. The van der Waals surface area contributed by atoms with Gasteiger partial charge in [0.2, 0.25) is 0 Å². The number of aryl methyl sites for hydroxylation is 1. The van der Waals surface area contributed by atoms with E-state index in [9.17, 15) is 0 Å². The monoisotopic (exact) mass is 235 g/mol. The fraction of sp³-hybridized carbons (Fsp3) is 0.545. The largest absolute Gasteiger partial charge is 0.332 e. The van der Waals surface area contributed by atoms with Crippen molar-refractivity contribution in [3.8, 4) is 11.6 Å². The van der Waals surface area contributed by atoms with Crippen molar-refractivity contribution in [3.63, 3.8) is 0 Å². The van der Waals surface area contributed by atoms with Crippen molar-refractivity contribution < 1.29 is 4.52 Å². The molecule has 0 radical (unpaired) electrons. The number of aromatic nitrogens is 4. The third kappa shape index (κ3) is 2.21. The lowest BCUT2D eigenvalue weighted by molar-refractivity contribution is 0.303. The van der Waals surface area contributed by atoms with E-state index >= 15 is 0 Å². The van der Waals surface area contributed by atoms with E-state index in [4.69, 9.17) is 10.3 Å². The Morgan fingerprint density at radius 2 is 2.12 bits per heavy atom. The average molecular weight is 235 g/mol. The topological polar surface area (TPSA) is 82.8 Å². The molecule has 0 aliphatic carbocycles. The van der Waals surface area contributed by atoms with Crippen LogP contribution in [0.4, 0.5) is 0 Å². The van der Waals surface area contributed by atoms with Crippen LogP contribution in [0.1, 0.15) is 32.6 Å². The molecule has 2 N–H and O–H groups in total. The van der Waals surface area contributed by atoms with Gasteiger partial charge in [-0.3, -0.25) is 0 Å². The summed E-state index contributed by atoms with van der Waals surface area (Å²) >= 11 is 0. The first-order valence-electron chi connectivity index (χ1n) is 5.45. The lowest BCUT2D eigenvalue weighted by Crippen LogP contribution is -2.27. The Hall–Kier alpha value is -1.69. The van der Waals surface area contributed by atoms with Crippen molar-refractivity contribution in [2.24, 2.45) is 18.2 Å². The summed E-state index contributed by atoms with van der Waals surface area (Å²) < 4.78 is 7.02. The predicted octanol–water partition coefficient (Wildman–Crippen LogP) is 1.52. The minimum absolute atomic E-state index is 0.104. The molecule has 0 saturated heterocycles. The molecule has 2 rings (SSSR count). The molecular formula is C11H17N5O. The average Bonchev–Trinajstić information content (AvgIpc) is 2.83. The highest BCUT2D eigenvalue weighted by Gasteiger charge is 2.27. The fourth-order valence-electron chi connectivity index (χ4n) is 1.42. The number of rotatable bonds is 2. The molecule has 1 atom stereocenters. The standard InChI is InChI=1S/C11H17N5O/c1-11(2,3)8(12)9-14-10(17-15-9)7-5-13-6-16(7)4/h5-6,8H,12H2,1-4H3. The zero-order valence-electron chi connectivity index (χ0n) is 10.5. The summed E-state index contributed by atoms with van der Waals surface area (Å²) in [7, 11) is 1.87. The second kappa shape index (κ2) is 3.96. The number of imidazole rings is 1. The van der Waals surface area contributed by atoms with E-state index in [0.717, 1.165) is 5.69 Å². The third-order valence-electron chi connectivity index (χ3n) is 2.69. The van der Waals surface area contributed by atoms with E-state index < -0.39 is 0 Å². The molecule has 0 bridgehead atoms. The number of nitrogens with two attached hydrogens (primary N) is 1. The van der Waals surface area contributed by atoms with Gasteiger partial charge in [-0.2, -0.15) is 4.98 Å². The Bertz CT molecular complexity index is 508. The Morgan fingerprint density at radius 3 is 2.65 bits per heavy atom. The van der Waals surface area contributed by atoms with Gasteiger partial charge in [0, 0.05) is 7.05 Å². The quantitative estimate of drug-likeness (QED) is 0.853. The van der Waals surface area contributed by atoms with Crippen LogP contribution < -0.4 is 5.73 Å². The normalized spacial score (nSPS) is 13.9. The second-order valence-electron chi connectivity index (χ2n) is 5.19. The highest BCUT2D eigenvalue weighted by atomic mass is 16.5. The summed E-state index contributed by atoms with van der Waals surface area (Å²) in [4.78, 5) is 8.32. The van der Waals surface area contributed by atoms with Crippen molar-refractivity contribution in [2.75, 3.05) is 0 Å². The van der Waals surface area contributed by atoms with Gasteiger partial charge in [0.15, 0.2) is 5.82 Å². The van der Waals surface area contributed by atoms with Crippen LogP contribution in [-0.2, 0) is 7.05 Å². The van der Waals surface area contributed by atoms with Crippen molar-refractivity contribution >= 4 is 0 Å². The van der Waals surface area contributed by atoms with Crippen molar-refractivity contribution in [1.29, 1.82) is 0 Å². The minimum Gasteiger partial charge on any atom is -0.332 e. The molecule has 0 aliphatic rings. The molecule has 0 saturated carbocycles. The van der Waals surface area contributed by atoms with Crippen LogP contribution in [0.25, 0.3) is 11.6 Å². The zero-order chi connectivity index (χ0) is 12.6. The molecule has 0 aliphatic heterocycles. The van der Waals surface area contributed by atoms with Crippen molar-refractivity contribution in [2.45, 2.75) is 26.8 Å². The summed E-state index contributed by atoms with van der Waals surface area (Å²) in [5.41, 5.74) is 6.75. The molecule has 2 heterocycles. The summed E-state index contributed by atoms with van der Waals surface area (Å²) in [6.07, 6.45) is 3.36. The SMILES string of the molecule is Cn1cncc1-c1nc(C(N)C(C)(C)C)no1. The Morgan fingerprint density at radius 1 is 1.41 bits per heavy atom. The van der Waals surface area contributed by atoms with Crippen LogP contribution in [0.2, 0.25) is 0 Å². The Kier molecular flexibility index (Phi) is 2.74. The molecule has 0 fully saturated rings. The van der Waals surface area contributed by atoms with E-state index in [2.05, 4.69) is 15.1 Å². The second-order valence-corrected chi connectivity index (χ2v) is 5.19. The van der Waals surface area contributed by atoms with Crippen LogP contribution >= 0.6 is 0 Å². The Balaban J connectivity index is 2.31.